The van der Waals surface area contributed by atoms with Gasteiger partial charge in [-0.25, -0.2) is 4.79 Å². The molecule has 8 heteroatoms. The van der Waals surface area contributed by atoms with Gasteiger partial charge in [-0.15, -0.1) is 0 Å². The van der Waals surface area contributed by atoms with Crippen LogP contribution in [0.5, 0.6) is 17.2 Å². The molecule has 1 N–H and O–H groups in total. The number of amides is 3. The van der Waals surface area contributed by atoms with E-state index in [0.29, 0.717) is 29.2 Å². The molecular formula is C21H20N2O6. The molecule has 1 spiro atoms. The van der Waals surface area contributed by atoms with Crippen molar-refractivity contribution in [2.45, 2.75) is 12.0 Å². The fourth-order valence-corrected chi connectivity index (χ4v) is 3.77. The Morgan fingerprint density at radius 2 is 1.97 bits per heavy atom. The molecule has 0 aliphatic carbocycles. The maximum atomic E-state index is 13.3. The topological polar surface area (TPSA) is 94.2 Å². The van der Waals surface area contributed by atoms with Gasteiger partial charge < -0.3 is 19.5 Å². The van der Waals surface area contributed by atoms with Gasteiger partial charge in [-0.2, -0.15) is 0 Å². The highest BCUT2D eigenvalue weighted by Crippen LogP contribution is 2.41. The van der Waals surface area contributed by atoms with Gasteiger partial charge in [-0.3, -0.25) is 14.5 Å². The number of urea groups is 1. The fourth-order valence-electron chi connectivity index (χ4n) is 3.77. The number of benzene rings is 2. The second-order valence-corrected chi connectivity index (χ2v) is 6.81. The van der Waals surface area contributed by atoms with Crippen LogP contribution in [0.3, 0.4) is 0 Å². The first-order valence-electron chi connectivity index (χ1n) is 9.12. The molecule has 8 nitrogen and oxygen atoms in total. The van der Waals surface area contributed by atoms with E-state index in [0.717, 1.165) is 4.90 Å². The Balaban J connectivity index is 1.62. The number of rotatable bonds is 5. The van der Waals surface area contributed by atoms with E-state index in [4.69, 9.17) is 14.2 Å². The molecule has 2 aromatic carbocycles. The van der Waals surface area contributed by atoms with E-state index in [2.05, 4.69) is 5.32 Å². The highest BCUT2D eigenvalue weighted by atomic mass is 16.5. The zero-order valence-corrected chi connectivity index (χ0v) is 16.1. The minimum Gasteiger partial charge on any atom is -0.497 e. The number of nitrogens with one attached hydrogen (secondary N) is 1. The van der Waals surface area contributed by atoms with Crippen LogP contribution in [0.4, 0.5) is 4.79 Å². The number of carbonyl (C=O) groups is 3. The lowest BCUT2D eigenvalue weighted by Crippen LogP contribution is -2.47. The number of carbonyl (C=O) groups excluding carboxylic acids is 3. The minimum absolute atomic E-state index is 0.266. The summed E-state index contributed by atoms with van der Waals surface area (Å²) in [4.78, 5) is 39.7. The third-order valence-electron chi connectivity index (χ3n) is 5.27. The quantitative estimate of drug-likeness (QED) is 0.615. The van der Waals surface area contributed by atoms with Crippen molar-refractivity contribution in [1.82, 2.24) is 10.2 Å². The first kappa shape index (κ1) is 18.8. The Morgan fingerprint density at radius 1 is 1.17 bits per heavy atom. The van der Waals surface area contributed by atoms with Crippen molar-refractivity contribution in [2.24, 2.45) is 0 Å². The normalized spacial score (nSPS) is 20.1. The van der Waals surface area contributed by atoms with Crippen molar-refractivity contribution in [2.75, 3.05) is 27.4 Å². The largest absolute Gasteiger partial charge is 0.497 e. The Morgan fingerprint density at radius 3 is 2.72 bits per heavy atom. The Bertz CT molecular complexity index is 1000. The predicted octanol–water partition coefficient (Wildman–Crippen LogP) is 2.12. The zero-order valence-electron chi connectivity index (χ0n) is 16.1. The number of nitrogens with zero attached hydrogens (tertiary/aromatic N) is 1. The molecule has 2 aliphatic rings. The summed E-state index contributed by atoms with van der Waals surface area (Å²) >= 11 is 0. The highest BCUT2D eigenvalue weighted by Gasteiger charge is 2.55. The predicted molar refractivity (Wildman–Crippen MR) is 102 cm³/mol. The molecule has 1 fully saturated rings. The van der Waals surface area contributed by atoms with Gasteiger partial charge in [-0.1, -0.05) is 18.2 Å². The molecule has 1 unspecified atom stereocenters. The number of para-hydroxylation sites is 1. The summed E-state index contributed by atoms with van der Waals surface area (Å²) < 4.78 is 16.0. The van der Waals surface area contributed by atoms with Crippen LogP contribution >= 0.6 is 0 Å². The average Bonchev–Trinajstić information content (AvgIpc) is 2.98. The van der Waals surface area contributed by atoms with Crippen LogP contribution in [0.15, 0.2) is 42.5 Å². The summed E-state index contributed by atoms with van der Waals surface area (Å²) in [5.74, 6) is 0.528. The molecule has 2 aliphatic heterocycles. The summed E-state index contributed by atoms with van der Waals surface area (Å²) in [5, 5.41) is 2.78. The number of methoxy groups -OCH3 is 2. The Labute approximate surface area is 167 Å². The van der Waals surface area contributed by atoms with Crippen molar-refractivity contribution in [1.29, 1.82) is 0 Å². The van der Waals surface area contributed by atoms with Gasteiger partial charge in [-0.05, 0) is 18.2 Å². The number of fused-ring (bicyclic) bond motifs is 2. The first-order valence-corrected chi connectivity index (χ1v) is 9.12. The van der Waals surface area contributed by atoms with Gasteiger partial charge in [0.25, 0.3) is 5.91 Å². The van der Waals surface area contributed by atoms with E-state index >= 15 is 0 Å². The van der Waals surface area contributed by atoms with Crippen LogP contribution < -0.4 is 19.5 Å². The summed E-state index contributed by atoms with van der Waals surface area (Å²) in [6.07, 6.45) is 0.297. The molecule has 1 atom stereocenters. The molecule has 1 saturated heterocycles. The summed E-state index contributed by atoms with van der Waals surface area (Å²) in [6.45, 7) is -0.102. The molecule has 0 bridgehead atoms. The summed E-state index contributed by atoms with van der Waals surface area (Å²) in [6, 6.07) is 11.2. The molecule has 4 rings (SSSR count). The summed E-state index contributed by atoms with van der Waals surface area (Å²) in [7, 11) is 2.95. The second kappa shape index (κ2) is 7.12. The Hall–Kier alpha value is -3.55. The molecule has 29 heavy (non-hydrogen) atoms. The summed E-state index contributed by atoms with van der Waals surface area (Å²) in [5.41, 5.74) is -0.347. The molecule has 150 valence electrons. The monoisotopic (exact) mass is 396 g/mol. The maximum absolute atomic E-state index is 13.3. The molecule has 3 amide bonds. The van der Waals surface area contributed by atoms with Gasteiger partial charge in [0, 0.05) is 18.1 Å². The maximum Gasteiger partial charge on any atom is 0.325 e. The minimum atomic E-state index is -1.21. The number of hydrogen-bond acceptors (Lipinski definition) is 6. The lowest BCUT2D eigenvalue weighted by atomic mass is 9.84. The van der Waals surface area contributed by atoms with Gasteiger partial charge in [0.1, 0.15) is 17.2 Å². The molecular weight excluding hydrogens is 376 g/mol. The van der Waals surface area contributed by atoms with E-state index in [1.54, 1.807) is 42.5 Å². The van der Waals surface area contributed by atoms with Crippen LogP contribution in [0.1, 0.15) is 22.3 Å². The third-order valence-corrected chi connectivity index (χ3v) is 5.27. The zero-order chi connectivity index (χ0) is 20.6. The number of ketones is 1. The molecule has 2 aromatic rings. The number of Topliss-reactive ketones (excluding diaryl/α,β-unsaturated/α-hetero) is 1. The van der Waals surface area contributed by atoms with E-state index in [1.165, 1.54) is 14.2 Å². The number of hydrogen-bond donors (Lipinski definition) is 1. The lowest BCUT2D eigenvalue weighted by Gasteiger charge is -2.33. The van der Waals surface area contributed by atoms with Crippen molar-refractivity contribution in [3.8, 4) is 17.2 Å². The second-order valence-electron chi connectivity index (χ2n) is 6.81. The van der Waals surface area contributed by atoms with E-state index in [9.17, 15) is 14.4 Å². The number of ether oxygens (including phenoxy) is 3. The first-order chi connectivity index (χ1) is 14.0. The van der Waals surface area contributed by atoms with Crippen LogP contribution in [0.25, 0.3) is 0 Å². The average molecular weight is 396 g/mol. The fraction of sp³-hybridized carbons (Fsp3) is 0.286. The van der Waals surface area contributed by atoms with Gasteiger partial charge >= 0.3 is 6.03 Å². The van der Waals surface area contributed by atoms with Crippen LogP contribution in [-0.4, -0.2) is 50.0 Å². The third kappa shape index (κ3) is 2.97. The van der Waals surface area contributed by atoms with Crippen molar-refractivity contribution in [3.05, 3.63) is 53.6 Å². The smallest absolute Gasteiger partial charge is 0.325 e. The van der Waals surface area contributed by atoms with Crippen molar-refractivity contribution >= 4 is 17.7 Å². The van der Waals surface area contributed by atoms with Crippen LogP contribution in [0, 0.1) is 0 Å². The van der Waals surface area contributed by atoms with Gasteiger partial charge in [0.05, 0.1) is 32.9 Å². The molecule has 0 saturated carbocycles. The van der Waals surface area contributed by atoms with Crippen LogP contribution in [0.2, 0.25) is 0 Å². The molecule has 0 aromatic heterocycles. The standard InChI is InChI=1S/C21H20N2O6/c1-27-13-7-8-14(18(11-13)28-2)16(24)12-23-19(25)21(22-20(23)26)9-10-29-17-6-4-3-5-15(17)21/h3-8,11H,9-10,12H2,1-2H3,(H,22,26). The van der Waals surface area contributed by atoms with Crippen LogP contribution in [-0.2, 0) is 10.3 Å². The molecule has 0 radical (unpaired) electrons. The van der Waals surface area contributed by atoms with E-state index < -0.39 is 29.8 Å². The van der Waals surface area contributed by atoms with Gasteiger partial charge in [0.15, 0.2) is 11.3 Å². The van der Waals surface area contributed by atoms with E-state index in [1.807, 2.05) is 0 Å². The molecule has 2 heterocycles. The van der Waals surface area contributed by atoms with Crippen molar-refractivity contribution in [3.63, 3.8) is 0 Å². The van der Waals surface area contributed by atoms with E-state index in [-0.39, 0.29) is 12.2 Å². The Kier molecular flexibility index (Phi) is 4.62. The lowest BCUT2D eigenvalue weighted by molar-refractivity contribution is -0.132. The van der Waals surface area contributed by atoms with Gasteiger partial charge in [0.2, 0.25) is 0 Å². The number of imide groups is 1. The highest BCUT2D eigenvalue weighted by molar-refractivity contribution is 6.12. The van der Waals surface area contributed by atoms with Crippen molar-refractivity contribution < 1.29 is 28.6 Å². The SMILES string of the molecule is COc1ccc(C(=O)CN2C(=O)NC3(CCOc4ccccc43)C2=O)c(OC)c1.